The Hall–Kier alpha value is -1.43. The lowest BCUT2D eigenvalue weighted by atomic mass is 10.2. The van der Waals surface area contributed by atoms with Crippen LogP contribution in [-0.2, 0) is 11.2 Å². The normalized spacial score (nSPS) is 20.6. The predicted molar refractivity (Wildman–Crippen MR) is 61.7 cm³/mol. The minimum Gasteiger partial charge on any atom is -0.375 e. The number of hydrogen-bond donors (Lipinski definition) is 1. The van der Waals surface area contributed by atoms with E-state index in [1.807, 2.05) is 6.92 Å². The summed E-state index contributed by atoms with van der Waals surface area (Å²) in [6.45, 7) is 5.86. The topological polar surface area (TPSA) is 71.1 Å². The summed E-state index contributed by atoms with van der Waals surface area (Å²) in [6.07, 6.45) is 1.80. The zero-order valence-electron chi connectivity index (χ0n) is 10.3. The Morgan fingerprint density at radius 2 is 2.41 bits per heavy atom. The number of nitrogens with one attached hydrogen (secondary N) is 1. The van der Waals surface area contributed by atoms with Crippen LogP contribution in [-0.4, -0.2) is 51.8 Å². The molecule has 94 valence electrons. The summed E-state index contributed by atoms with van der Waals surface area (Å²) in [4.78, 5) is 18.0. The van der Waals surface area contributed by atoms with E-state index in [1.54, 1.807) is 4.90 Å². The Morgan fingerprint density at radius 3 is 3.06 bits per heavy atom. The molecule has 1 aliphatic heterocycles. The van der Waals surface area contributed by atoms with Crippen LogP contribution in [0.3, 0.4) is 0 Å². The molecule has 0 aromatic carbocycles. The minimum absolute atomic E-state index is 0.109. The van der Waals surface area contributed by atoms with Gasteiger partial charge in [0.15, 0.2) is 0 Å². The smallest absolute Gasteiger partial charge is 0.293 e. The van der Waals surface area contributed by atoms with Crippen LogP contribution < -0.4 is 0 Å². The Morgan fingerprint density at radius 1 is 1.59 bits per heavy atom. The third-order valence-corrected chi connectivity index (χ3v) is 2.94. The number of hydrogen-bond acceptors (Lipinski definition) is 4. The summed E-state index contributed by atoms with van der Waals surface area (Å²) in [5.74, 6) is 0.898. The molecular weight excluding hydrogens is 220 g/mol. The highest BCUT2D eigenvalue weighted by atomic mass is 16.5. The zero-order chi connectivity index (χ0) is 12.3. The molecule has 0 aliphatic carbocycles. The molecule has 1 aromatic heterocycles. The molecule has 1 saturated heterocycles. The molecule has 2 rings (SSSR count). The van der Waals surface area contributed by atoms with Crippen molar-refractivity contribution in [3.63, 3.8) is 0 Å². The van der Waals surface area contributed by atoms with Crippen molar-refractivity contribution in [2.75, 3.05) is 19.7 Å². The number of carbonyl (C=O) groups is 1. The lowest BCUT2D eigenvalue weighted by Gasteiger charge is -2.31. The van der Waals surface area contributed by atoms with Crippen molar-refractivity contribution in [1.82, 2.24) is 20.1 Å². The lowest BCUT2D eigenvalue weighted by molar-refractivity contribution is -0.0230. The molecule has 1 fully saturated rings. The van der Waals surface area contributed by atoms with Crippen molar-refractivity contribution in [2.24, 2.45) is 0 Å². The van der Waals surface area contributed by atoms with Crippen LogP contribution in [0, 0.1) is 0 Å². The quantitative estimate of drug-likeness (QED) is 0.838. The van der Waals surface area contributed by atoms with Gasteiger partial charge in [-0.1, -0.05) is 13.8 Å². The van der Waals surface area contributed by atoms with Gasteiger partial charge >= 0.3 is 0 Å². The Kier molecular flexibility index (Phi) is 3.73. The fraction of sp³-hybridized carbons (Fsp3) is 0.727. The van der Waals surface area contributed by atoms with E-state index < -0.39 is 0 Å². The monoisotopic (exact) mass is 238 g/mol. The first-order valence-corrected chi connectivity index (χ1v) is 6.06. The molecule has 0 spiro atoms. The number of amides is 1. The lowest BCUT2D eigenvalue weighted by Crippen LogP contribution is -2.45. The number of ether oxygens (including phenoxy) is 1. The maximum absolute atomic E-state index is 12.1. The van der Waals surface area contributed by atoms with E-state index in [9.17, 15) is 4.79 Å². The minimum atomic E-state index is -0.109. The molecule has 1 N–H and O–H groups in total. The van der Waals surface area contributed by atoms with Gasteiger partial charge in [0, 0.05) is 19.5 Å². The van der Waals surface area contributed by atoms with Crippen molar-refractivity contribution in [3.05, 3.63) is 11.6 Å². The van der Waals surface area contributed by atoms with E-state index in [0.717, 1.165) is 18.7 Å². The third-order valence-electron chi connectivity index (χ3n) is 2.94. The second-order valence-electron chi connectivity index (χ2n) is 4.11. The van der Waals surface area contributed by atoms with Crippen LogP contribution in [0.4, 0.5) is 0 Å². The first-order valence-electron chi connectivity index (χ1n) is 6.06. The first kappa shape index (κ1) is 12.0. The van der Waals surface area contributed by atoms with Gasteiger partial charge in [0.1, 0.15) is 5.82 Å². The number of aromatic amines is 1. The van der Waals surface area contributed by atoms with E-state index >= 15 is 0 Å². The summed E-state index contributed by atoms with van der Waals surface area (Å²) in [5, 5.41) is 6.71. The second-order valence-corrected chi connectivity index (χ2v) is 4.11. The van der Waals surface area contributed by atoms with Crippen molar-refractivity contribution in [1.29, 1.82) is 0 Å². The Balaban J connectivity index is 2.03. The molecule has 17 heavy (non-hydrogen) atoms. The third kappa shape index (κ3) is 2.63. The van der Waals surface area contributed by atoms with Gasteiger partial charge in [-0.25, -0.2) is 4.98 Å². The van der Waals surface area contributed by atoms with Crippen molar-refractivity contribution in [2.45, 2.75) is 32.8 Å². The molecule has 1 unspecified atom stereocenters. The van der Waals surface area contributed by atoms with Crippen LogP contribution in [0.1, 0.15) is 36.7 Å². The van der Waals surface area contributed by atoms with Gasteiger partial charge in [-0.3, -0.25) is 9.89 Å². The van der Waals surface area contributed by atoms with Gasteiger partial charge in [-0.05, 0) is 6.42 Å². The van der Waals surface area contributed by atoms with Gasteiger partial charge in [0.05, 0.1) is 12.7 Å². The zero-order valence-corrected chi connectivity index (χ0v) is 10.3. The molecule has 0 saturated carbocycles. The largest absolute Gasteiger partial charge is 0.375 e. The van der Waals surface area contributed by atoms with Crippen LogP contribution in [0.2, 0.25) is 0 Å². The predicted octanol–water partition coefficient (Wildman–Crippen LogP) is 0.618. The van der Waals surface area contributed by atoms with Gasteiger partial charge in [-0.15, -0.1) is 5.10 Å². The molecular formula is C11H18N4O2. The van der Waals surface area contributed by atoms with Crippen LogP contribution in [0.15, 0.2) is 0 Å². The average molecular weight is 238 g/mol. The van der Waals surface area contributed by atoms with Crippen LogP contribution >= 0.6 is 0 Å². The van der Waals surface area contributed by atoms with E-state index in [2.05, 4.69) is 22.1 Å². The summed E-state index contributed by atoms with van der Waals surface area (Å²) in [7, 11) is 0. The molecule has 0 bridgehead atoms. The number of nitrogens with zero attached hydrogens (tertiary/aromatic N) is 3. The van der Waals surface area contributed by atoms with E-state index in [-0.39, 0.29) is 17.8 Å². The highest BCUT2D eigenvalue weighted by molar-refractivity contribution is 5.90. The fourth-order valence-electron chi connectivity index (χ4n) is 1.84. The molecule has 2 heterocycles. The second kappa shape index (κ2) is 5.27. The van der Waals surface area contributed by atoms with Gasteiger partial charge in [0.25, 0.3) is 5.91 Å². The molecule has 0 radical (unpaired) electrons. The highest BCUT2D eigenvalue weighted by Crippen LogP contribution is 2.10. The molecule has 6 heteroatoms. The van der Waals surface area contributed by atoms with E-state index in [4.69, 9.17) is 4.74 Å². The molecule has 1 aliphatic rings. The van der Waals surface area contributed by atoms with Crippen molar-refractivity contribution in [3.8, 4) is 0 Å². The van der Waals surface area contributed by atoms with Crippen LogP contribution in [0.25, 0.3) is 0 Å². The van der Waals surface area contributed by atoms with Crippen molar-refractivity contribution < 1.29 is 9.53 Å². The summed E-state index contributed by atoms with van der Waals surface area (Å²) < 4.78 is 5.53. The van der Waals surface area contributed by atoms with Gasteiger partial charge < -0.3 is 9.64 Å². The van der Waals surface area contributed by atoms with Crippen molar-refractivity contribution >= 4 is 5.91 Å². The maximum Gasteiger partial charge on any atom is 0.293 e. The average Bonchev–Trinajstić information content (AvgIpc) is 2.86. The summed E-state index contributed by atoms with van der Waals surface area (Å²) in [5.41, 5.74) is 0. The fourth-order valence-corrected chi connectivity index (χ4v) is 1.84. The molecule has 1 aromatic rings. The van der Waals surface area contributed by atoms with Gasteiger partial charge in [0.2, 0.25) is 5.82 Å². The molecule has 1 atom stereocenters. The number of aryl methyl sites for hydroxylation is 1. The number of H-pyrrole nitrogens is 1. The Labute approximate surface area is 100 Å². The van der Waals surface area contributed by atoms with Gasteiger partial charge in [-0.2, -0.15) is 0 Å². The number of carbonyl (C=O) groups excluding carboxylic acids is 1. The standard InChI is InChI=1S/C11H18N4O2/c1-3-8-7-15(5-6-17-8)11(16)10-12-9(4-2)13-14-10/h8H,3-7H2,1-2H3,(H,12,13,14). The summed E-state index contributed by atoms with van der Waals surface area (Å²) in [6, 6.07) is 0. The first-order chi connectivity index (χ1) is 8.24. The molecule has 1 amide bonds. The number of rotatable bonds is 3. The number of morpholine rings is 1. The summed E-state index contributed by atoms with van der Waals surface area (Å²) >= 11 is 0. The van der Waals surface area contributed by atoms with Crippen LogP contribution in [0.5, 0.6) is 0 Å². The number of aromatic nitrogens is 3. The Bertz CT molecular complexity index is 391. The van der Waals surface area contributed by atoms with E-state index in [0.29, 0.717) is 19.7 Å². The highest BCUT2D eigenvalue weighted by Gasteiger charge is 2.26. The van der Waals surface area contributed by atoms with E-state index in [1.165, 1.54) is 0 Å². The maximum atomic E-state index is 12.1. The SMILES string of the molecule is CCc1nc(C(=O)N2CCOC(CC)C2)n[nH]1. The molecule has 6 nitrogen and oxygen atoms in total.